The van der Waals surface area contributed by atoms with Crippen molar-refractivity contribution in [2.75, 3.05) is 18.5 Å². The highest BCUT2D eigenvalue weighted by atomic mass is 19.4. The van der Waals surface area contributed by atoms with Gasteiger partial charge in [-0.3, -0.25) is 9.59 Å². The van der Waals surface area contributed by atoms with Crippen LogP contribution in [0.5, 0.6) is 5.75 Å². The number of ether oxygens (including phenoxy) is 1. The summed E-state index contributed by atoms with van der Waals surface area (Å²) < 4.78 is 44.0. The van der Waals surface area contributed by atoms with Crippen molar-refractivity contribution >= 4 is 23.6 Å². The van der Waals surface area contributed by atoms with Crippen LogP contribution in [-0.4, -0.2) is 25.0 Å². The third-order valence-corrected chi connectivity index (χ3v) is 4.95. The third kappa shape index (κ3) is 8.02. The number of benzene rings is 3. The van der Waals surface area contributed by atoms with Crippen LogP contribution in [-0.2, 0) is 22.2 Å². The van der Waals surface area contributed by atoms with Gasteiger partial charge in [-0.25, -0.2) is 0 Å². The topological polar surface area (TPSA) is 91.2 Å². The third-order valence-electron chi connectivity index (χ3n) is 4.95. The molecule has 0 saturated carbocycles. The highest BCUT2D eigenvalue weighted by molar-refractivity contribution is 6.09. The number of halogens is 3. The summed E-state index contributed by atoms with van der Waals surface area (Å²) in [6.45, 7) is 0.308. The molecule has 0 spiro atoms. The maximum atomic E-state index is 12.9. The van der Waals surface area contributed by atoms with Gasteiger partial charge in [-0.05, 0) is 54.0 Å². The summed E-state index contributed by atoms with van der Waals surface area (Å²) in [6, 6.07) is 21.9. The molecule has 3 aromatic carbocycles. The van der Waals surface area contributed by atoms with Crippen molar-refractivity contribution in [2.24, 2.45) is 0 Å². The molecule has 3 aromatic rings. The minimum Gasteiger partial charge on any atom is -0.484 e. The van der Waals surface area contributed by atoms with Crippen LogP contribution < -0.4 is 15.4 Å². The van der Waals surface area contributed by atoms with Gasteiger partial charge in [0.05, 0.1) is 5.56 Å². The van der Waals surface area contributed by atoms with Gasteiger partial charge in [-0.15, -0.1) is 0 Å². The van der Waals surface area contributed by atoms with Gasteiger partial charge in [0.1, 0.15) is 17.4 Å². The second kappa shape index (κ2) is 12.2. The fourth-order valence-corrected chi connectivity index (χ4v) is 3.14. The summed E-state index contributed by atoms with van der Waals surface area (Å²) in [5, 5.41) is 14.4. The van der Waals surface area contributed by atoms with E-state index in [0.29, 0.717) is 24.3 Å². The molecule has 6 nitrogen and oxygen atoms in total. The number of nitrogens with zero attached hydrogens (tertiary/aromatic N) is 1. The maximum Gasteiger partial charge on any atom is 0.416 e. The standard InChI is InChI=1S/C27H22F3N3O3/c28-27(29,30)22-7-4-8-23(16-22)33-26(35)21(17-31)15-20-9-11-24(12-10-20)36-18-25(34)32-14-13-19-5-2-1-3-6-19/h1-12,15-16H,13-14,18H2,(H,32,34)(H,33,35)/b21-15+. The second-order valence-corrected chi connectivity index (χ2v) is 7.65. The van der Waals surface area contributed by atoms with E-state index in [1.54, 1.807) is 30.3 Å². The van der Waals surface area contributed by atoms with Crippen LogP contribution in [0.15, 0.2) is 84.4 Å². The van der Waals surface area contributed by atoms with Crippen LogP contribution in [0.25, 0.3) is 6.08 Å². The summed E-state index contributed by atoms with van der Waals surface area (Å²) in [6.07, 6.45) is -2.56. The molecule has 0 saturated heterocycles. The van der Waals surface area contributed by atoms with Gasteiger partial charge in [-0.1, -0.05) is 48.5 Å². The first-order valence-electron chi connectivity index (χ1n) is 10.9. The quantitative estimate of drug-likeness (QED) is 0.325. The molecule has 9 heteroatoms. The van der Waals surface area contributed by atoms with Crippen molar-refractivity contribution in [1.82, 2.24) is 5.32 Å². The first kappa shape index (κ1) is 26.0. The smallest absolute Gasteiger partial charge is 0.416 e. The first-order valence-corrected chi connectivity index (χ1v) is 10.9. The second-order valence-electron chi connectivity index (χ2n) is 7.65. The van der Waals surface area contributed by atoms with E-state index < -0.39 is 17.6 Å². The summed E-state index contributed by atoms with van der Waals surface area (Å²) in [7, 11) is 0. The lowest BCUT2D eigenvalue weighted by Gasteiger charge is -2.09. The van der Waals surface area contributed by atoms with Crippen LogP contribution in [0.2, 0.25) is 0 Å². The first-order chi connectivity index (χ1) is 17.2. The Morgan fingerprint density at radius 3 is 2.36 bits per heavy atom. The molecule has 2 amide bonds. The highest BCUT2D eigenvalue weighted by Crippen LogP contribution is 2.30. The molecule has 0 aliphatic rings. The number of carbonyl (C=O) groups excluding carboxylic acids is 2. The van der Waals surface area contributed by atoms with E-state index in [9.17, 15) is 28.0 Å². The van der Waals surface area contributed by atoms with E-state index in [1.165, 1.54) is 12.1 Å². The molecule has 0 fully saturated rings. The Morgan fingerprint density at radius 2 is 1.69 bits per heavy atom. The lowest BCUT2D eigenvalue weighted by Crippen LogP contribution is -2.30. The van der Waals surface area contributed by atoms with E-state index in [-0.39, 0.29) is 23.8 Å². The molecule has 0 heterocycles. The fraction of sp³-hybridized carbons (Fsp3) is 0.148. The number of anilines is 1. The number of nitrogens with one attached hydrogen (secondary N) is 2. The molecular weight excluding hydrogens is 471 g/mol. The summed E-state index contributed by atoms with van der Waals surface area (Å²) in [5.74, 6) is -0.699. The van der Waals surface area contributed by atoms with Crippen molar-refractivity contribution in [2.45, 2.75) is 12.6 Å². The van der Waals surface area contributed by atoms with Gasteiger partial charge in [0, 0.05) is 12.2 Å². The average molecular weight is 493 g/mol. The molecular formula is C27H22F3N3O3. The Bertz CT molecular complexity index is 1270. The van der Waals surface area contributed by atoms with Crippen molar-refractivity contribution in [3.63, 3.8) is 0 Å². The number of hydrogen-bond acceptors (Lipinski definition) is 4. The number of rotatable bonds is 9. The van der Waals surface area contributed by atoms with Gasteiger partial charge >= 0.3 is 6.18 Å². The largest absolute Gasteiger partial charge is 0.484 e. The molecule has 0 unspecified atom stereocenters. The Kier molecular flexibility index (Phi) is 8.84. The van der Waals surface area contributed by atoms with E-state index >= 15 is 0 Å². The molecule has 184 valence electrons. The molecule has 0 aromatic heterocycles. The Labute approximate surface area is 206 Å². The van der Waals surface area contributed by atoms with Gasteiger partial charge < -0.3 is 15.4 Å². The van der Waals surface area contributed by atoms with E-state index in [2.05, 4.69) is 10.6 Å². The monoisotopic (exact) mass is 493 g/mol. The molecule has 0 atom stereocenters. The predicted molar refractivity (Wildman–Crippen MR) is 129 cm³/mol. The fourth-order valence-electron chi connectivity index (χ4n) is 3.14. The van der Waals surface area contributed by atoms with Crippen molar-refractivity contribution in [3.05, 3.63) is 101 Å². The lowest BCUT2D eigenvalue weighted by atomic mass is 10.1. The minimum absolute atomic E-state index is 0.0817. The number of alkyl halides is 3. The SMILES string of the molecule is N#C/C(=C\c1ccc(OCC(=O)NCCc2ccccc2)cc1)C(=O)Nc1cccc(C(F)(F)F)c1. The number of amides is 2. The number of carbonyl (C=O) groups is 2. The molecule has 2 N–H and O–H groups in total. The van der Waals surface area contributed by atoms with E-state index in [0.717, 1.165) is 23.8 Å². The number of nitriles is 1. The molecule has 3 rings (SSSR count). The molecule has 0 aliphatic carbocycles. The van der Waals surface area contributed by atoms with Gasteiger partial charge in [-0.2, -0.15) is 18.4 Å². The van der Waals surface area contributed by atoms with Crippen molar-refractivity contribution in [1.29, 1.82) is 5.26 Å². The van der Waals surface area contributed by atoms with Crippen LogP contribution >= 0.6 is 0 Å². The van der Waals surface area contributed by atoms with Crippen LogP contribution in [0.3, 0.4) is 0 Å². The summed E-state index contributed by atoms with van der Waals surface area (Å²) in [4.78, 5) is 24.3. The Morgan fingerprint density at radius 1 is 0.972 bits per heavy atom. The van der Waals surface area contributed by atoms with Gasteiger partial charge in [0.2, 0.25) is 0 Å². The Hall–Kier alpha value is -4.58. The maximum absolute atomic E-state index is 12.9. The molecule has 0 bridgehead atoms. The van der Waals surface area contributed by atoms with Crippen LogP contribution in [0.4, 0.5) is 18.9 Å². The normalized spacial score (nSPS) is 11.3. The Balaban J connectivity index is 1.52. The minimum atomic E-state index is -4.55. The van der Waals surface area contributed by atoms with Gasteiger partial charge in [0.15, 0.2) is 6.61 Å². The zero-order chi connectivity index (χ0) is 26.0. The predicted octanol–water partition coefficient (Wildman–Crippen LogP) is 4.99. The zero-order valence-electron chi connectivity index (χ0n) is 19.0. The molecule has 0 aliphatic heterocycles. The lowest BCUT2D eigenvalue weighted by molar-refractivity contribution is -0.137. The summed E-state index contributed by atoms with van der Waals surface area (Å²) in [5.41, 5.74) is 0.317. The molecule has 0 radical (unpaired) electrons. The van der Waals surface area contributed by atoms with Crippen LogP contribution in [0, 0.1) is 11.3 Å². The van der Waals surface area contributed by atoms with Crippen molar-refractivity contribution < 1.29 is 27.5 Å². The van der Waals surface area contributed by atoms with E-state index in [1.807, 2.05) is 30.3 Å². The molecule has 36 heavy (non-hydrogen) atoms. The van der Waals surface area contributed by atoms with Gasteiger partial charge in [0.25, 0.3) is 11.8 Å². The number of hydrogen-bond donors (Lipinski definition) is 2. The zero-order valence-corrected chi connectivity index (χ0v) is 19.0. The van der Waals surface area contributed by atoms with E-state index in [4.69, 9.17) is 4.74 Å². The van der Waals surface area contributed by atoms with Crippen molar-refractivity contribution in [3.8, 4) is 11.8 Å². The highest BCUT2D eigenvalue weighted by Gasteiger charge is 2.30. The van der Waals surface area contributed by atoms with Crippen LogP contribution in [0.1, 0.15) is 16.7 Å². The summed E-state index contributed by atoms with van der Waals surface area (Å²) >= 11 is 0. The average Bonchev–Trinajstić information content (AvgIpc) is 2.87.